The van der Waals surface area contributed by atoms with Crippen LogP contribution < -0.4 is 0 Å². The second kappa shape index (κ2) is 6.66. The van der Waals surface area contributed by atoms with Gasteiger partial charge in [-0.1, -0.05) is 47.6 Å². The molecule has 0 aliphatic carbocycles. The third kappa shape index (κ3) is 7.07. The van der Waals surface area contributed by atoms with Crippen LogP contribution >= 0.6 is 0 Å². The third-order valence-electron chi connectivity index (χ3n) is 1.29. The van der Waals surface area contributed by atoms with Crippen LogP contribution in [-0.4, -0.2) is 0 Å². The molecule has 0 aromatic heterocycles. The van der Waals surface area contributed by atoms with E-state index in [0.717, 1.165) is 0 Å². The highest BCUT2D eigenvalue weighted by Gasteiger charge is 1.79. The molecule has 0 bridgehead atoms. The summed E-state index contributed by atoms with van der Waals surface area (Å²) in [6, 6.07) is 0. The molecule has 0 aromatic rings. The Morgan fingerprint density at radius 3 is 2.08 bits per heavy atom. The van der Waals surface area contributed by atoms with Gasteiger partial charge in [-0.2, -0.15) is 0 Å². The summed E-state index contributed by atoms with van der Waals surface area (Å²) in [5.74, 6) is 0. The summed E-state index contributed by atoms with van der Waals surface area (Å²) in [6.45, 7) is 8.32. The quantitative estimate of drug-likeness (QED) is 0.549. The molecule has 0 heterocycles. The fourth-order valence-electron chi connectivity index (χ4n) is 0.886. The maximum absolute atomic E-state index is 2.17. The van der Waals surface area contributed by atoms with Gasteiger partial charge in [0.05, 0.1) is 0 Å². The molecule has 0 aromatic carbocycles. The molecule has 0 rings (SSSR count). The van der Waals surface area contributed by atoms with Crippen LogP contribution in [0.25, 0.3) is 0 Å². The lowest BCUT2D eigenvalue weighted by Crippen LogP contribution is -1.68. The zero-order chi connectivity index (χ0) is 9.40. The second-order valence-corrected chi connectivity index (χ2v) is 3.04. The summed E-state index contributed by atoms with van der Waals surface area (Å²) >= 11 is 0. The molecule has 0 radical (unpaired) electrons. The number of hydrogen-bond acceptors (Lipinski definition) is 0. The maximum Gasteiger partial charge on any atom is -0.0398 e. The predicted octanol–water partition coefficient (Wildman–Crippen LogP) is 4.03. The van der Waals surface area contributed by atoms with Crippen molar-refractivity contribution in [2.24, 2.45) is 0 Å². The van der Waals surface area contributed by atoms with Gasteiger partial charge in [0.15, 0.2) is 0 Å². The van der Waals surface area contributed by atoms with E-state index >= 15 is 0 Å². The SMILES string of the molecule is CC=CC=CC=C(C)C=C(C)C. The van der Waals surface area contributed by atoms with E-state index in [1.807, 2.05) is 25.2 Å². The van der Waals surface area contributed by atoms with Crippen LogP contribution in [0, 0.1) is 0 Å². The van der Waals surface area contributed by atoms with Crippen molar-refractivity contribution in [1.82, 2.24) is 0 Å². The van der Waals surface area contributed by atoms with E-state index in [-0.39, 0.29) is 0 Å². The van der Waals surface area contributed by atoms with Crippen molar-refractivity contribution < 1.29 is 0 Å². The normalized spacial score (nSPS) is 12.8. The van der Waals surface area contributed by atoms with Crippen molar-refractivity contribution in [3.63, 3.8) is 0 Å². The lowest BCUT2D eigenvalue weighted by Gasteiger charge is -1.90. The Labute approximate surface area is 76.0 Å². The number of rotatable bonds is 3. The number of hydrogen-bond donors (Lipinski definition) is 0. The second-order valence-electron chi connectivity index (χ2n) is 3.04. The zero-order valence-corrected chi connectivity index (χ0v) is 8.46. The van der Waals surface area contributed by atoms with Gasteiger partial charge in [-0.3, -0.25) is 0 Å². The van der Waals surface area contributed by atoms with Crippen molar-refractivity contribution in [1.29, 1.82) is 0 Å². The van der Waals surface area contributed by atoms with Crippen molar-refractivity contribution >= 4 is 0 Å². The smallest absolute Gasteiger partial charge is 0.0398 e. The standard InChI is InChI=1S/C12H18/c1-5-6-7-8-9-12(4)10-11(2)3/h5-10H,1-4H3. The highest BCUT2D eigenvalue weighted by atomic mass is 13.9. The van der Waals surface area contributed by atoms with E-state index in [9.17, 15) is 0 Å². The van der Waals surface area contributed by atoms with Crippen LogP contribution in [0.3, 0.4) is 0 Å². The molecule has 66 valence electrons. The molecule has 0 fully saturated rings. The minimum absolute atomic E-state index is 1.29. The van der Waals surface area contributed by atoms with Crippen LogP contribution in [0.4, 0.5) is 0 Å². The monoisotopic (exact) mass is 162 g/mol. The van der Waals surface area contributed by atoms with Crippen LogP contribution in [0.1, 0.15) is 27.7 Å². The van der Waals surface area contributed by atoms with Gasteiger partial charge in [-0.25, -0.2) is 0 Å². The predicted molar refractivity (Wildman–Crippen MR) is 57.1 cm³/mol. The van der Waals surface area contributed by atoms with Gasteiger partial charge in [-0.05, 0) is 27.7 Å². The summed E-state index contributed by atoms with van der Waals surface area (Å²) in [5, 5.41) is 0. The van der Waals surface area contributed by atoms with E-state index in [0.29, 0.717) is 0 Å². The van der Waals surface area contributed by atoms with Gasteiger partial charge in [0, 0.05) is 0 Å². The Hall–Kier alpha value is -1.04. The van der Waals surface area contributed by atoms with E-state index < -0.39 is 0 Å². The number of allylic oxidation sites excluding steroid dienone is 8. The minimum Gasteiger partial charge on any atom is -0.0877 e. The van der Waals surface area contributed by atoms with Crippen LogP contribution in [0.15, 0.2) is 47.6 Å². The van der Waals surface area contributed by atoms with Crippen molar-refractivity contribution in [2.45, 2.75) is 27.7 Å². The zero-order valence-electron chi connectivity index (χ0n) is 8.46. The first-order chi connectivity index (χ1) is 5.66. The third-order valence-corrected chi connectivity index (χ3v) is 1.29. The van der Waals surface area contributed by atoms with Gasteiger partial charge in [0.25, 0.3) is 0 Å². The average molecular weight is 162 g/mol. The largest absolute Gasteiger partial charge is 0.0877 e. The average Bonchev–Trinajstić information content (AvgIpc) is 1.97. The van der Waals surface area contributed by atoms with Gasteiger partial charge in [0.1, 0.15) is 0 Å². The first-order valence-corrected chi connectivity index (χ1v) is 4.28. The molecule has 0 aliphatic heterocycles. The van der Waals surface area contributed by atoms with E-state index in [1.165, 1.54) is 11.1 Å². The topological polar surface area (TPSA) is 0 Å². The van der Waals surface area contributed by atoms with E-state index in [4.69, 9.17) is 0 Å². The summed E-state index contributed by atoms with van der Waals surface area (Å²) in [4.78, 5) is 0. The Kier molecular flexibility index (Phi) is 6.08. The molecule has 0 atom stereocenters. The van der Waals surface area contributed by atoms with Crippen LogP contribution in [0.5, 0.6) is 0 Å². The molecule has 0 saturated carbocycles. The van der Waals surface area contributed by atoms with Crippen molar-refractivity contribution in [3.8, 4) is 0 Å². The minimum atomic E-state index is 1.29. The van der Waals surface area contributed by atoms with E-state index in [2.05, 4.69) is 39.0 Å². The fraction of sp³-hybridized carbons (Fsp3) is 0.333. The van der Waals surface area contributed by atoms with Crippen LogP contribution in [-0.2, 0) is 0 Å². The molecule has 0 spiro atoms. The maximum atomic E-state index is 2.17. The molecule has 0 N–H and O–H groups in total. The molecule has 0 aliphatic rings. The van der Waals surface area contributed by atoms with Gasteiger partial charge in [0.2, 0.25) is 0 Å². The molecule has 0 amide bonds. The first kappa shape index (κ1) is 11.0. The molecule has 0 nitrogen and oxygen atoms in total. The summed E-state index contributed by atoms with van der Waals surface area (Å²) in [6.07, 6.45) is 12.4. The lowest BCUT2D eigenvalue weighted by atomic mass is 10.2. The Balaban J connectivity index is 4.10. The summed E-state index contributed by atoms with van der Waals surface area (Å²) in [5.41, 5.74) is 2.62. The fourth-order valence-corrected chi connectivity index (χ4v) is 0.886. The van der Waals surface area contributed by atoms with Crippen LogP contribution in [0.2, 0.25) is 0 Å². The molecular weight excluding hydrogens is 144 g/mol. The lowest BCUT2D eigenvalue weighted by molar-refractivity contribution is 1.35. The van der Waals surface area contributed by atoms with E-state index in [1.54, 1.807) is 0 Å². The molecular formula is C12H18. The van der Waals surface area contributed by atoms with Gasteiger partial charge < -0.3 is 0 Å². The van der Waals surface area contributed by atoms with Gasteiger partial charge in [-0.15, -0.1) is 0 Å². The van der Waals surface area contributed by atoms with Gasteiger partial charge >= 0.3 is 0 Å². The summed E-state index contributed by atoms with van der Waals surface area (Å²) in [7, 11) is 0. The molecule has 0 unspecified atom stereocenters. The Bertz CT molecular complexity index is 220. The van der Waals surface area contributed by atoms with Crippen molar-refractivity contribution in [3.05, 3.63) is 47.6 Å². The molecule has 12 heavy (non-hydrogen) atoms. The Morgan fingerprint density at radius 1 is 0.917 bits per heavy atom. The summed E-state index contributed by atoms with van der Waals surface area (Å²) < 4.78 is 0. The highest BCUT2D eigenvalue weighted by Crippen LogP contribution is 2.00. The molecule has 0 heteroatoms. The Morgan fingerprint density at radius 2 is 1.58 bits per heavy atom. The van der Waals surface area contributed by atoms with Crippen molar-refractivity contribution in [2.75, 3.05) is 0 Å². The molecule has 0 saturated heterocycles. The first-order valence-electron chi connectivity index (χ1n) is 4.28. The highest BCUT2D eigenvalue weighted by molar-refractivity contribution is 5.25.